The van der Waals surface area contributed by atoms with Crippen molar-refractivity contribution in [1.29, 1.82) is 0 Å². The molecule has 0 aliphatic carbocycles. The average Bonchev–Trinajstić information content (AvgIpc) is 3.23. The fraction of sp³-hybridized carbons (Fsp3) is 0.0526. The van der Waals surface area contributed by atoms with Crippen LogP contribution in [0.5, 0.6) is 0 Å². The molecule has 4 rings (SSSR count). The second kappa shape index (κ2) is 5.70. The molecule has 0 aliphatic heterocycles. The number of hydrogen-bond acceptors (Lipinski definition) is 3. The van der Waals surface area contributed by atoms with Crippen molar-refractivity contribution >= 4 is 22.6 Å². The fourth-order valence-electron chi connectivity index (χ4n) is 2.61. The van der Waals surface area contributed by atoms with Gasteiger partial charge in [0.2, 0.25) is 0 Å². The zero-order chi connectivity index (χ0) is 16.5. The summed E-state index contributed by atoms with van der Waals surface area (Å²) in [4.78, 5) is 20.0. The number of benzene rings is 2. The minimum atomic E-state index is -0.135. The summed E-state index contributed by atoms with van der Waals surface area (Å²) in [6.45, 7) is 1.96. The molecule has 0 atom stereocenters. The molecule has 0 unspecified atom stereocenters. The van der Waals surface area contributed by atoms with Gasteiger partial charge in [0, 0.05) is 11.3 Å². The highest BCUT2D eigenvalue weighted by molar-refractivity contribution is 6.05. The van der Waals surface area contributed by atoms with Gasteiger partial charge in [-0.2, -0.15) is 0 Å². The smallest absolute Gasteiger partial charge is 0.255 e. The normalized spacial score (nSPS) is 10.9. The quantitative estimate of drug-likeness (QED) is 0.589. The van der Waals surface area contributed by atoms with Gasteiger partial charge in [-0.25, -0.2) is 4.98 Å². The van der Waals surface area contributed by atoms with Crippen LogP contribution in [0, 0.1) is 6.92 Å². The molecule has 1 amide bonds. The van der Waals surface area contributed by atoms with Gasteiger partial charge >= 0.3 is 0 Å². The molecule has 0 bridgehead atoms. The number of aromatic nitrogens is 2. The van der Waals surface area contributed by atoms with Crippen molar-refractivity contribution in [2.45, 2.75) is 6.92 Å². The van der Waals surface area contributed by atoms with Crippen LogP contribution in [-0.4, -0.2) is 15.9 Å². The minimum Gasteiger partial charge on any atom is -0.461 e. The molecule has 24 heavy (non-hydrogen) atoms. The number of carbonyl (C=O) groups is 1. The van der Waals surface area contributed by atoms with Gasteiger partial charge in [-0.3, -0.25) is 4.79 Å². The number of hydrogen-bond donors (Lipinski definition) is 2. The van der Waals surface area contributed by atoms with Crippen LogP contribution in [0.1, 0.15) is 15.9 Å². The first-order valence-corrected chi connectivity index (χ1v) is 7.61. The molecule has 0 spiro atoms. The predicted octanol–water partition coefficient (Wildman–Crippen LogP) is 4.38. The average molecular weight is 317 g/mol. The van der Waals surface area contributed by atoms with E-state index in [1.165, 1.54) is 0 Å². The van der Waals surface area contributed by atoms with Gasteiger partial charge < -0.3 is 14.7 Å². The van der Waals surface area contributed by atoms with Crippen LogP contribution in [-0.2, 0) is 0 Å². The Balaban J connectivity index is 1.62. The van der Waals surface area contributed by atoms with Crippen molar-refractivity contribution in [1.82, 2.24) is 9.97 Å². The number of anilines is 1. The number of H-pyrrole nitrogens is 1. The van der Waals surface area contributed by atoms with Crippen LogP contribution in [0.2, 0.25) is 0 Å². The van der Waals surface area contributed by atoms with Crippen molar-refractivity contribution in [2.75, 3.05) is 5.32 Å². The third-order valence-corrected chi connectivity index (χ3v) is 3.77. The van der Waals surface area contributed by atoms with Crippen LogP contribution in [0.3, 0.4) is 0 Å². The number of fused-ring (bicyclic) bond motifs is 1. The lowest BCUT2D eigenvalue weighted by atomic mass is 10.1. The molecular formula is C19H15N3O2. The summed E-state index contributed by atoms with van der Waals surface area (Å²) in [5.74, 6) is 1.21. The Morgan fingerprint density at radius 1 is 1.12 bits per heavy atom. The molecule has 0 aliphatic rings. The zero-order valence-corrected chi connectivity index (χ0v) is 13.0. The maximum Gasteiger partial charge on any atom is 0.255 e. The lowest BCUT2D eigenvalue weighted by molar-refractivity contribution is 0.102. The van der Waals surface area contributed by atoms with E-state index in [0.717, 1.165) is 16.6 Å². The molecule has 118 valence electrons. The van der Waals surface area contributed by atoms with Gasteiger partial charge in [-0.1, -0.05) is 17.7 Å². The summed E-state index contributed by atoms with van der Waals surface area (Å²) in [5.41, 5.74) is 4.05. The molecule has 5 heteroatoms. The van der Waals surface area contributed by atoms with Crippen molar-refractivity contribution < 1.29 is 9.21 Å². The van der Waals surface area contributed by atoms with Gasteiger partial charge in [-0.15, -0.1) is 0 Å². The number of aromatic amines is 1. The predicted molar refractivity (Wildman–Crippen MR) is 92.9 cm³/mol. The molecule has 2 N–H and O–H groups in total. The lowest BCUT2D eigenvalue weighted by Crippen LogP contribution is -2.11. The maximum absolute atomic E-state index is 12.3. The Hall–Kier alpha value is -3.34. The van der Waals surface area contributed by atoms with Gasteiger partial charge in [0.15, 0.2) is 11.6 Å². The van der Waals surface area contributed by atoms with E-state index in [9.17, 15) is 4.79 Å². The standard InChI is InChI=1S/C19H15N3O2/c1-12-4-2-5-13(10-12)19(23)20-14-7-8-15-16(11-14)22-18(21-15)17-6-3-9-24-17/h2-11H,1H3,(H,20,23)(H,21,22). The first-order valence-electron chi connectivity index (χ1n) is 7.61. The highest BCUT2D eigenvalue weighted by atomic mass is 16.3. The lowest BCUT2D eigenvalue weighted by Gasteiger charge is -2.05. The molecule has 4 aromatic rings. The first-order chi connectivity index (χ1) is 11.7. The molecule has 2 heterocycles. The van der Waals surface area contributed by atoms with Gasteiger partial charge in [-0.05, 0) is 49.4 Å². The first kappa shape index (κ1) is 14.3. The molecule has 0 fully saturated rings. The molecule has 2 aromatic heterocycles. The SMILES string of the molecule is Cc1cccc(C(=O)Nc2ccc3nc(-c4ccco4)[nH]c3c2)c1. The molecule has 0 radical (unpaired) electrons. The topological polar surface area (TPSA) is 70.9 Å². The molecule has 0 saturated carbocycles. The molecule has 5 nitrogen and oxygen atoms in total. The summed E-state index contributed by atoms with van der Waals surface area (Å²) in [6.07, 6.45) is 1.61. The third-order valence-electron chi connectivity index (χ3n) is 3.77. The van der Waals surface area contributed by atoms with Crippen LogP contribution in [0.4, 0.5) is 5.69 Å². The van der Waals surface area contributed by atoms with E-state index in [4.69, 9.17) is 4.42 Å². The number of rotatable bonds is 3. The summed E-state index contributed by atoms with van der Waals surface area (Å²) in [6, 6.07) is 16.7. The summed E-state index contributed by atoms with van der Waals surface area (Å²) in [7, 11) is 0. The van der Waals surface area contributed by atoms with Gasteiger partial charge in [0.25, 0.3) is 5.91 Å². The number of aryl methyl sites for hydroxylation is 1. The Labute approximate surface area is 138 Å². The van der Waals surface area contributed by atoms with E-state index in [-0.39, 0.29) is 5.91 Å². The largest absolute Gasteiger partial charge is 0.461 e. The second-order valence-corrected chi connectivity index (χ2v) is 5.62. The number of nitrogens with zero attached hydrogens (tertiary/aromatic N) is 1. The van der Waals surface area contributed by atoms with E-state index in [2.05, 4.69) is 15.3 Å². The third kappa shape index (κ3) is 2.67. The molecule has 0 saturated heterocycles. The van der Waals surface area contributed by atoms with Crippen LogP contribution >= 0.6 is 0 Å². The number of imidazole rings is 1. The minimum absolute atomic E-state index is 0.135. The van der Waals surface area contributed by atoms with E-state index < -0.39 is 0 Å². The van der Waals surface area contributed by atoms with E-state index in [1.807, 2.05) is 55.5 Å². The summed E-state index contributed by atoms with van der Waals surface area (Å²) in [5, 5.41) is 2.91. The van der Waals surface area contributed by atoms with Crippen LogP contribution in [0.25, 0.3) is 22.6 Å². The van der Waals surface area contributed by atoms with Crippen LogP contribution < -0.4 is 5.32 Å². The Bertz CT molecular complexity index is 1020. The van der Waals surface area contributed by atoms with Crippen molar-refractivity contribution in [3.05, 3.63) is 72.0 Å². The van der Waals surface area contributed by atoms with E-state index >= 15 is 0 Å². The number of nitrogens with one attached hydrogen (secondary N) is 2. The van der Waals surface area contributed by atoms with Crippen molar-refractivity contribution in [3.63, 3.8) is 0 Å². The number of amides is 1. The second-order valence-electron chi connectivity index (χ2n) is 5.62. The highest BCUT2D eigenvalue weighted by Crippen LogP contribution is 2.23. The Morgan fingerprint density at radius 3 is 2.83 bits per heavy atom. The summed E-state index contributed by atoms with van der Waals surface area (Å²) >= 11 is 0. The number of carbonyl (C=O) groups excluding carboxylic acids is 1. The van der Waals surface area contributed by atoms with Crippen molar-refractivity contribution in [2.24, 2.45) is 0 Å². The number of furan rings is 1. The maximum atomic E-state index is 12.3. The van der Waals surface area contributed by atoms with E-state index in [0.29, 0.717) is 22.8 Å². The molecular weight excluding hydrogens is 302 g/mol. The monoisotopic (exact) mass is 317 g/mol. The van der Waals surface area contributed by atoms with Crippen molar-refractivity contribution in [3.8, 4) is 11.6 Å². The fourth-order valence-corrected chi connectivity index (χ4v) is 2.61. The Morgan fingerprint density at radius 2 is 2.04 bits per heavy atom. The van der Waals surface area contributed by atoms with Gasteiger partial charge in [0.05, 0.1) is 17.3 Å². The van der Waals surface area contributed by atoms with Crippen LogP contribution in [0.15, 0.2) is 65.3 Å². The highest BCUT2D eigenvalue weighted by Gasteiger charge is 2.10. The van der Waals surface area contributed by atoms with Gasteiger partial charge in [0.1, 0.15) is 0 Å². The Kier molecular flexibility index (Phi) is 3.39. The summed E-state index contributed by atoms with van der Waals surface area (Å²) < 4.78 is 5.35. The van der Waals surface area contributed by atoms with E-state index in [1.54, 1.807) is 12.3 Å². The zero-order valence-electron chi connectivity index (χ0n) is 13.0. The molecule has 2 aromatic carbocycles.